The van der Waals surface area contributed by atoms with E-state index in [9.17, 15) is 4.79 Å². The fourth-order valence-electron chi connectivity index (χ4n) is 2.68. The Morgan fingerprint density at radius 1 is 0.950 bits per heavy atom. The predicted molar refractivity (Wildman–Crippen MR) is 79.1 cm³/mol. The van der Waals surface area contributed by atoms with Crippen molar-refractivity contribution in [2.45, 2.75) is 6.04 Å². The Hall–Kier alpha value is -2.33. The summed E-state index contributed by atoms with van der Waals surface area (Å²) < 4.78 is 0. The minimum absolute atomic E-state index is 0.0950. The fraction of sp³-hybridized carbons (Fsp3) is 0.188. The lowest BCUT2D eigenvalue weighted by molar-refractivity contribution is 0.210. The summed E-state index contributed by atoms with van der Waals surface area (Å²) in [4.78, 5) is 12.0. The van der Waals surface area contributed by atoms with E-state index in [4.69, 9.17) is 0 Å². The second-order valence-electron chi connectivity index (χ2n) is 5.09. The molecule has 4 nitrogen and oxygen atoms in total. The summed E-state index contributed by atoms with van der Waals surface area (Å²) in [6.07, 6.45) is 0. The van der Waals surface area contributed by atoms with Crippen LogP contribution in [0.15, 0.2) is 48.5 Å². The molecular formula is C16H17N3O. The Balaban J connectivity index is 1.97. The van der Waals surface area contributed by atoms with E-state index in [1.807, 2.05) is 24.3 Å². The van der Waals surface area contributed by atoms with E-state index in [-0.39, 0.29) is 12.1 Å². The number of benzene rings is 2. The van der Waals surface area contributed by atoms with Crippen molar-refractivity contribution in [3.8, 4) is 11.1 Å². The first-order valence-electron chi connectivity index (χ1n) is 6.59. The lowest BCUT2D eigenvalue weighted by Crippen LogP contribution is -2.44. The quantitative estimate of drug-likeness (QED) is 0.821. The van der Waals surface area contributed by atoms with Crippen LogP contribution >= 0.6 is 0 Å². The van der Waals surface area contributed by atoms with Crippen molar-refractivity contribution in [2.75, 3.05) is 14.1 Å². The number of hydrogen-bond donors (Lipinski definition) is 2. The van der Waals surface area contributed by atoms with E-state index in [0.29, 0.717) is 0 Å². The molecule has 0 aromatic heterocycles. The van der Waals surface area contributed by atoms with Crippen LogP contribution in [0.25, 0.3) is 11.1 Å². The monoisotopic (exact) mass is 267 g/mol. The van der Waals surface area contributed by atoms with E-state index < -0.39 is 0 Å². The SMILES string of the molecule is CN(C)NC(=O)NC1c2ccccc2-c2ccccc21. The Labute approximate surface area is 118 Å². The van der Waals surface area contributed by atoms with Crippen LogP contribution in [0.1, 0.15) is 17.2 Å². The maximum atomic E-state index is 12.0. The summed E-state index contributed by atoms with van der Waals surface area (Å²) in [6.45, 7) is 0. The highest BCUT2D eigenvalue weighted by Gasteiger charge is 2.29. The summed E-state index contributed by atoms with van der Waals surface area (Å²) in [6, 6.07) is 16.1. The molecule has 0 radical (unpaired) electrons. The van der Waals surface area contributed by atoms with Gasteiger partial charge in [-0.05, 0) is 22.3 Å². The van der Waals surface area contributed by atoms with Crippen LogP contribution in [0.3, 0.4) is 0 Å². The van der Waals surface area contributed by atoms with Crippen LogP contribution < -0.4 is 10.7 Å². The number of nitrogens with one attached hydrogen (secondary N) is 2. The van der Waals surface area contributed by atoms with Crippen molar-refractivity contribution < 1.29 is 4.79 Å². The second kappa shape index (κ2) is 4.98. The van der Waals surface area contributed by atoms with Gasteiger partial charge in [-0.15, -0.1) is 0 Å². The van der Waals surface area contributed by atoms with Gasteiger partial charge in [-0.1, -0.05) is 48.5 Å². The van der Waals surface area contributed by atoms with E-state index in [1.165, 1.54) is 11.1 Å². The number of rotatable bonds is 2. The molecule has 0 heterocycles. The Morgan fingerprint density at radius 3 is 1.95 bits per heavy atom. The predicted octanol–water partition coefficient (Wildman–Crippen LogP) is 2.53. The van der Waals surface area contributed by atoms with Gasteiger partial charge in [-0.25, -0.2) is 9.80 Å². The first-order valence-corrected chi connectivity index (χ1v) is 6.59. The first kappa shape index (κ1) is 12.7. The molecular weight excluding hydrogens is 250 g/mol. The van der Waals surface area contributed by atoms with Crippen LogP contribution in [0.2, 0.25) is 0 Å². The van der Waals surface area contributed by atoms with Gasteiger partial charge >= 0.3 is 6.03 Å². The molecule has 0 bridgehead atoms. The Kier molecular flexibility index (Phi) is 3.16. The number of urea groups is 1. The number of nitrogens with zero attached hydrogens (tertiary/aromatic N) is 1. The molecule has 1 aliphatic rings. The highest BCUT2D eigenvalue weighted by atomic mass is 16.2. The maximum Gasteiger partial charge on any atom is 0.330 e. The summed E-state index contributed by atoms with van der Waals surface area (Å²) in [5, 5.41) is 4.66. The topological polar surface area (TPSA) is 44.4 Å². The van der Waals surface area contributed by atoms with Gasteiger partial charge in [0.25, 0.3) is 0 Å². The van der Waals surface area contributed by atoms with Crippen LogP contribution in [0.5, 0.6) is 0 Å². The molecule has 2 aromatic carbocycles. The van der Waals surface area contributed by atoms with Gasteiger partial charge in [0.15, 0.2) is 0 Å². The normalized spacial score (nSPS) is 12.9. The molecule has 2 aromatic rings. The van der Waals surface area contributed by atoms with Crippen molar-refractivity contribution in [3.05, 3.63) is 59.7 Å². The minimum Gasteiger partial charge on any atom is -0.326 e. The van der Waals surface area contributed by atoms with Crippen LogP contribution in [-0.4, -0.2) is 25.1 Å². The van der Waals surface area contributed by atoms with Crippen molar-refractivity contribution in [1.29, 1.82) is 0 Å². The zero-order chi connectivity index (χ0) is 14.1. The third-order valence-electron chi connectivity index (χ3n) is 3.43. The molecule has 1 aliphatic carbocycles. The lowest BCUT2D eigenvalue weighted by atomic mass is 10.1. The molecule has 2 amide bonds. The number of fused-ring (bicyclic) bond motifs is 3. The largest absolute Gasteiger partial charge is 0.330 e. The number of hydrogen-bond acceptors (Lipinski definition) is 2. The van der Waals surface area contributed by atoms with Crippen molar-refractivity contribution >= 4 is 6.03 Å². The third kappa shape index (κ3) is 2.14. The molecule has 0 saturated carbocycles. The maximum absolute atomic E-state index is 12.0. The molecule has 0 spiro atoms. The molecule has 0 atom stereocenters. The zero-order valence-corrected chi connectivity index (χ0v) is 11.6. The number of carbonyl (C=O) groups excluding carboxylic acids is 1. The van der Waals surface area contributed by atoms with Crippen LogP contribution in [-0.2, 0) is 0 Å². The third-order valence-corrected chi connectivity index (χ3v) is 3.43. The summed E-state index contributed by atoms with van der Waals surface area (Å²) in [5.74, 6) is 0. The standard InChI is InChI=1S/C16H17N3O/c1-19(2)18-16(20)17-15-13-9-5-3-7-11(13)12-8-4-6-10-14(12)15/h3-10,15H,1-2H3,(H2,17,18,20). The van der Waals surface area contributed by atoms with E-state index in [0.717, 1.165) is 11.1 Å². The first-order chi connectivity index (χ1) is 9.66. The van der Waals surface area contributed by atoms with Crippen LogP contribution in [0, 0.1) is 0 Å². The molecule has 2 N–H and O–H groups in total. The second-order valence-corrected chi connectivity index (χ2v) is 5.09. The molecule has 0 fully saturated rings. The van der Waals surface area contributed by atoms with Gasteiger partial charge in [0.05, 0.1) is 6.04 Å². The Bertz CT molecular complexity index is 606. The van der Waals surface area contributed by atoms with Crippen LogP contribution in [0.4, 0.5) is 4.79 Å². The van der Waals surface area contributed by atoms with Crippen molar-refractivity contribution in [1.82, 2.24) is 15.8 Å². The average molecular weight is 267 g/mol. The highest BCUT2D eigenvalue weighted by Crippen LogP contribution is 2.42. The van der Waals surface area contributed by atoms with Gasteiger partial charge in [0.1, 0.15) is 0 Å². The zero-order valence-electron chi connectivity index (χ0n) is 11.6. The summed E-state index contributed by atoms with van der Waals surface area (Å²) in [7, 11) is 3.58. The molecule has 3 rings (SSSR count). The van der Waals surface area contributed by atoms with Gasteiger partial charge < -0.3 is 5.32 Å². The van der Waals surface area contributed by atoms with E-state index >= 15 is 0 Å². The molecule has 4 heteroatoms. The van der Waals surface area contributed by atoms with E-state index in [2.05, 4.69) is 35.0 Å². The number of carbonyl (C=O) groups is 1. The minimum atomic E-state index is -0.202. The van der Waals surface area contributed by atoms with Crippen molar-refractivity contribution in [3.63, 3.8) is 0 Å². The lowest BCUT2D eigenvalue weighted by Gasteiger charge is -2.18. The van der Waals surface area contributed by atoms with E-state index in [1.54, 1.807) is 19.1 Å². The van der Waals surface area contributed by atoms with Gasteiger partial charge in [0.2, 0.25) is 0 Å². The molecule has 0 saturated heterocycles. The van der Waals surface area contributed by atoms with Gasteiger partial charge in [0, 0.05) is 14.1 Å². The van der Waals surface area contributed by atoms with Crippen molar-refractivity contribution in [2.24, 2.45) is 0 Å². The summed E-state index contributed by atoms with van der Waals surface area (Å²) >= 11 is 0. The fourth-order valence-corrected chi connectivity index (χ4v) is 2.68. The Morgan fingerprint density at radius 2 is 1.45 bits per heavy atom. The molecule has 20 heavy (non-hydrogen) atoms. The van der Waals surface area contributed by atoms with Gasteiger partial charge in [-0.2, -0.15) is 0 Å². The number of amides is 2. The molecule has 0 unspecified atom stereocenters. The highest BCUT2D eigenvalue weighted by molar-refractivity contribution is 5.82. The molecule has 0 aliphatic heterocycles. The smallest absolute Gasteiger partial charge is 0.326 e. The average Bonchev–Trinajstić information content (AvgIpc) is 2.73. The molecule has 102 valence electrons. The summed E-state index contributed by atoms with van der Waals surface area (Å²) in [5.41, 5.74) is 7.38. The van der Waals surface area contributed by atoms with Gasteiger partial charge in [-0.3, -0.25) is 5.43 Å². The number of hydrazine groups is 1.